The van der Waals surface area contributed by atoms with Gasteiger partial charge in [-0.1, -0.05) is 48.5 Å². The van der Waals surface area contributed by atoms with Crippen molar-refractivity contribution in [1.82, 2.24) is 15.1 Å². The molecule has 6 nitrogen and oxygen atoms in total. The van der Waals surface area contributed by atoms with Crippen LogP contribution in [0.15, 0.2) is 66.7 Å². The highest BCUT2D eigenvalue weighted by molar-refractivity contribution is 5.96. The number of nitrogens with zero attached hydrogens (tertiary/aromatic N) is 2. The number of nitrogens with one attached hydrogen (secondary N) is 1. The lowest BCUT2D eigenvalue weighted by molar-refractivity contribution is -0.136. The predicted octanol–water partition coefficient (Wildman–Crippen LogP) is 1.80. The smallest absolute Gasteiger partial charge is 0.251 e. The molecule has 0 bridgehead atoms. The van der Waals surface area contributed by atoms with Crippen molar-refractivity contribution in [3.8, 4) is 0 Å². The second-order valence-electron chi connectivity index (χ2n) is 6.50. The van der Waals surface area contributed by atoms with Crippen molar-refractivity contribution in [2.45, 2.75) is 0 Å². The Morgan fingerprint density at radius 2 is 1.39 bits per heavy atom. The van der Waals surface area contributed by atoms with Crippen molar-refractivity contribution in [3.63, 3.8) is 0 Å². The van der Waals surface area contributed by atoms with E-state index in [1.54, 1.807) is 46.2 Å². The first-order valence-electron chi connectivity index (χ1n) is 9.26. The van der Waals surface area contributed by atoms with Crippen LogP contribution in [-0.2, 0) is 9.59 Å². The SMILES string of the molecule is O=C(NCC(=O)N1CCN(C(=O)/C=C/c2ccccc2)CC1)c1ccccc1. The summed E-state index contributed by atoms with van der Waals surface area (Å²) in [6, 6.07) is 18.4. The van der Waals surface area contributed by atoms with Crippen LogP contribution >= 0.6 is 0 Å². The van der Waals surface area contributed by atoms with Crippen LogP contribution in [0.1, 0.15) is 15.9 Å². The molecule has 2 aromatic carbocycles. The Labute approximate surface area is 164 Å². The molecule has 1 aliphatic rings. The highest BCUT2D eigenvalue weighted by Gasteiger charge is 2.23. The van der Waals surface area contributed by atoms with Crippen molar-refractivity contribution < 1.29 is 14.4 Å². The zero-order valence-corrected chi connectivity index (χ0v) is 15.6. The fourth-order valence-electron chi connectivity index (χ4n) is 2.97. The van der Waals surface area contributed by atoms with Gasteiger partial charge in [-0.3, -0.25) is 14.4 Å². The van der Waals surface area contributed by atoms with Crippen LogP contribution in [0, 0.1) is 0 Å². The summed E-state index contributed by atoms with van der Waals surface area (Å²) in [6.07, 6.45) is 3.35. The topological polar surface area (TPSA) is 69.7 Å². The lowest BCUT2D eigenvalue weighted by atomic mass is 10.2. The molecule has 1 fully saturated rings. The number of amides is 3. The van der Waals surface area contributed by atoms with E-state index in [2.05, 4.69) is 5.32 Å². The Morgan fingerprint density at radius 1 is 0.821 bits per heavy atom. The van der Waals surface area contributed by atoms with Crippen LogP contribution in [0.2, 0.25) is 0 Å². The number of piperazine rings is 1. The molecule has 0 aromatic heterocycles. The maximum Gasteiger partial charge on any atom is 0.251 e. The Kier molecular flexibility index (Phi) is 6.57. The maximum absolute atomic E-state index is 12.3. The molecule has 28 heavy (non-hydrogen) atoms. The Bertz CT molecular complexity index is 842. The third kappa shape index (κ3) is 5.30. The number of hydrogen-bond acceptors (Lipinski definition) is 3. The van der Waals surface area contributed by atoms with Crippen molar-refractivity contribution >= 4 is 23.8 Å². The van der Waals surface area contributed by atoms with Gasteiger partial charge in [0, 0.05) is 37.8 Å². The molecule has 144 valence electrons. The highest BCUT2D eigenvalue weighted by Crippen LogP contribution is 2.06. The van der Waals surface area contributed by atoms with Crippen LogP contribution in [0.25, 0.3) is 6.08 Å². The van der Waals surface area contributed by atoms with E-state index in [0.29, 0.717) is 31.7 Å². The van der Waals surface area contributed by atoms with E-state index in [0.717, 1.165) is 5.56 Å². The van der Waals surface area contributed by atoms with Crippen molar-refractivity contribution in [1.29, 1.82) is 0 Å². The molecule has 2 aromatic rings. The Morgan fingerprint density at radius 3 is 2.04 bits per heavy atom. The molecule has 3 amide bonds. The summed E-state index contributed by atoms with van der Waals surface area (Å²) in [4.78, 5) is 40.0. The van der Waals surface area contributed by atoms with Crippen LogP contribution in [0.5, 0.6) is 0 Å². The van der Waals surface area contributed by atoms with Crippen LogP contribution in [0.3, 0.4) is 0 Å². The molecular weight excluding hydrogens is 354 g/mol. The fraction of sp³-hybridized carbons (Fsp3) is 0.227. The molecule has 0 atom stereocenters. The molecule has 6 heteroatoms. The van der Waals surface area contributed by atoms with Gasteiger partial charge >= 0.3 is 0 Å². The molecule has 1 N–H and O–H groups in total. The van der Waals surface area contributed by atoms with E-state index in [1.807, 2.05) is 36.4 Å². The largest absolute Gasteiger partial charge is 0.343 e. The maximum atomic E-state index is 12.3. The number of hydrogen-bond donors (Lipinski definition) is 1. The minimum Gasteiger partial charge on any atom is -0.343 e. The van der Waals surface area contributed by atoms with Gasteiger partial charge in [-0.05, 0) is 23.8 Å². The van der Waals surface area contributed by atoms with Gasteiger partial charge in [0.25, 0.3) is 5.91 Å². The molecule has 0 saturated carbocycles. The quantitative estimate of drug-likeness (QED) is 0.808. The van der Waals surface area contributed by atoms with Crippen LogP contribution < -0.4 is 5.32 Å². The van der Waals surface area contributed by atoms with Crippen molar-refractivity contribution in [3.05, 3.63) is 77.9 Å². The Balaban J connectivity index is 1.43. The molecule has 0 radical (unpaired) electrons. The van der Waals surface area contributed by atoms with Crippen molar-refractivity contribution in [2.75, 3.05) is 32.7 Å². The van der Waals surface area contributed by atoms with Gasteiger partial charge in [0.15, 0.2) is 0 Å². The normalized spacial score (nSPS) is 14.1. The second kappa shape index (κ2) is 9.50. The molecule has 0 unspecified atom stereocenters. The summed E-state index contributed by atoms with van der Waals surface area (Å²) in [5, 5.41) is 2.65. The first-order valence-corrected chi connectivity index (χ1v) is 9.26. The molecular formula is C22H23N3O3. The van der Waals surface area contributed by atoms with Crippen molar-refractivity contribution in [2.24, 2.45) is 0 Å². The predicted molar refractivity (Wildman–Crippen MR) is 107 cm³/mol. The average molecular weight is 377 g/mol. The number of rotatable bonds is 5. The van der Waals surface area contributed by atoms with Gasteiger partial charge in [-0.2, -0.15) is 0 Å². The van der Waals surface area contributed by atoms with Gasteiger partial charge in [-0.25, -0.2) is 0 Å². The fourth-order valence-corrected chi connectivity index (χ4v) is 2.97. The first kappa shape index (κ1) is 19.4. The lowest BCUT2D eigenvalue weighted by Crippen LogP contribution is -2.52. The molecule has 0 aliphatic carbocycles. The number of benzene rings is 2. The van der Waals surface area contributed by atoms with Gasteiger partial charge in [-0.15, -0.1) is 0 Å². The Hall–Kier alpha value is -3.41. The lowest BCUT2D eigenvalue weighted by Gasteiger charge is -2.34. The minimum atomic E-state index is -0.270. The van der Waals surface area contributed by atoms with E-state index in [9.17, 15) is 14.4 Å². The van der Waals surface area contributed by atoms with Crippen LogP contribution in [0.4, 0.5) is 0 Å². The molecule has 1 heterocycles. The summed E-state index contributed by atoms with van der Waals surface area (Å²) >= 11 is 0. The van der Waals surface area contributed by atoms with Gasteiger partial charge in [0.05, 0.1) is 6.54 Å². The van der Waals surface area contributed by atoms with E-state index in [1.165, 1.54) is 0 Å². The molecule has 0 spiro atoms. The third-order valence-electron chi connectivity index (χ3n) is 4.60. The van der Waals surface area contributed by atoms with Gasteiger partial charge < -0.3 is 15.1 Å². The van der Waals surface area contributed by atoms with E-state index >= 15 is 0 Å². The third-order valence-corrected chi connectivity index (χ3v) is 4.60. The molecule has 1 aliphatic heterocycles. The summed E-state index contributed by atoms with van der Waals surface area (Å²) in [5.41, 5.74) is 1.50. The summed E-state index contributed by atoms with van der Waals surface area (Å²) in [6.45, 7) is 1.85. The van der Waals surface area contributed by atoms with Gasteiger partial charge in [0.2, 0.25) is 11.8 Å². The van der Waals surface area contributed by atoms with E-state index < -0.39 is 0 Å². The summed E-state index contributed by atoms with van der Waals surface area (Å²) in [5.74, 6) is -0.474. The second-order valence-corrected chi connectivity index (χ2v) is 6.50. The van der Waals surface area contributed by atoms with Gasteiger partial charge in [0.1, 0.15) is 0 Å². The minimum absolute atomic E-state index is 0.0460. The number of carbonyl (C=O) groups excluding carboxylic acids is 3. The highest BCUT2D eigenvalue weighted by atomic mass is 16.2. The zero-order chi connectivity index (χ0) is 19.8. The first-order chi connectivity index (χ1) is 13.6. The average Bonchev–Trinajstić information content (AvgIpc) is 2.77. The summed E-state index contributed by atoms with van der Waals surface area (Å²) < 4.78 is 0. The standard InChI is InChI=1S/C22H23N3O3/c26-20(12-11-18-7-3-1-4-8-18)24-13-15-25(16-14-24)21(27)17-23-22(28)19-9-5-2-6-10-19/h1-12H,13-17H2,(H,23,28)/b12-11+. The zero-order valence-electron chi connectivity index (χ0n) is 15.6. The van der Waals surface area contributed by atoms with E-state index in [-0.39, 0.29) is 24.3 Å². The molecule has 3 rings (SSSR count). The summed E-state index contributed by atoms with van der Waals surface area (Å²) in [7, 11) is 0. The monoisotopic (exact) mass is 377 g/mol. The van der Waals surface area contributed by atoms with Crippen LogP contribution in [-0.4, -0.2) is 60.2 Å². The number of carbonyl (C=O) groups is 3. The van der Waals surface area contributed by atoms with E-state index in [4.69, 9.17) is 0 Å². The molecule has 1 saturated heterocycles.